The summed E-state index contributed by atoms with van der Waals surface area (Å²) in [6.45, 7) is 2.37. The number of carbonyl (C=O) groups excluding carboxylic acids is 1. The van der Waals surface area contributed by atoms with Crippen LogP contribution in [0.4, 0.5) is 5.00 Å². The molecule has 1 saturated heterocycles. The maximum atomic E-state index is 12.2. The van der Waals surface area contributed by atoms with Gasteiger partial charge in [-0.05, 0) is 44.1 Å². The average molecular weight is 335 g/mol. The number of furan rings is 1. The lowest BCUT2D eigenvalue weighted by Gasteiger charge is -2.25. The Morgan fingerprint density at radius 1 is 1.39 bits per heavy atom. The van der Waals surface area contributed by atoms with Crippen molar-refractivity contribution < 1.29 is 14.1 Å². The van der Waals surface area contributed by atoms with Gasteiger partial charge in [-0.2, -0.15) is 0 Å². The van der Waals surface area contributed by atoms with Gasteiger partial charge in [0.2, 0.25) is 0 Å². The van der Waals surface area contributed by atoms with E-state index >= 15 is 0 Å². The van der Waals surface area contributed by atoms with Crippen LogP contribution in [0.3, 0.4) is 0 Å². The maximum absolute atomic E-state index is 12.2. The van der Waals surface area contributed by atoms with Crippen molar-refractivity contribution >= 4 is 22.2 Å². The first-order valence-corrected chi connectivity index (χ1v) is 8.26. The van der Waals surface area contributed by atoms with Crippen molar-refractivity contribution in [2.45, 2.75) is 18.9 Å². The van der Waals surface area contributed by atoms with Crippen LogP contribution in [0, 0.1) is 10.1 Å². The van der Waals surface area contributed by atoms with Crippen LogP contribution in [0.2, 0.25) is 0 Å². The molecule has 0 saturated carbocycles. The molecule has 1 amide bonds. The third-order valence-corrected chi connectivity index (χ3v) is 4.94. The second-order valence-corrected chi connectivity index (χ2v) is 6.44. The molecule has 0 radical (unpaired) electrons. The topological polar surface area (TPSA) is 88.6 Å². The van der Waals surface area contributed by atoms with Gasteiger partial charge in [-0.1, -0.05) is 11.3 Å². The Hall–Kier alpha value is -2.19. The molecule has 3 heterocycles. The number of nitrogens with zero attached hydrogens (tertiary/aromatic N) is 2. The third kappa shape index (κ3) is 3.59. The minimum Gasteiger partial charge on any atom is -0.468 e. The molecule has 1 atom stereocenters. The van der Waals surface area contributed by atoms with Gasteiger partial charge < -0.3 is 9.73 Å². The minimum absolute atomic E-state index is 0.00796. The van der Waals surface area contributed by atoms with E-state index in [0.717, 1.165) is 43.0 Å². The number of nitro groups is 1. The molecule has 0 aliphatic carbocycles. The fourth-order valence-electron chi connectivity index (χ4n) is 2.77. The van der Waals surface area contributed by atoms with Crippen LogP contribution in [0.25, 0.3) is 0 Å². The van der Waals surface area contributed by atoms with E-state index in [1.807, 2.05) is 12.1 Å². The van der Waals surface area contributed by atoms with Crippen LogP contribution in [0.5, 0.6) is 0 Å². The van der Waals surface area contributed by atoms with Crippen molar-refractivity contribution in [1.29, 1.82) is 0 Å². The molecular weight excluding hydrogens is 318 g/mol. The summed E-state index contributed by atoms with van der Waals surface area (Å²) in [5, 5.41) is 13.5. The van der Waals surface area contributed by atoms with Crippen molar-refractivity contribution in [2.75, 3.05) is 19.6 Å². The highest BCUT2D eigenvalue weighted by molar-refractivity contribution is 7.17. The maximum Gasteiger partial charge on any atom is 0.324 e. The molecule has 23 heavy (non-hydrogen) atoms. The summed E-state index contributed by atoms with van der Waals surface area (Å²) in [7, 11) is 0. The van der Waals surface area contributed by atoms with Gasteiger partial charge in [0.15, 0.2) is 0 Å². The van der Waals surface area contributed by atoms with Crippen LogP contribution >= 0.6 is 11.3 Å². The Labute approximate surface area is 137 Å². The van der Waals surface area contributed by atoms with E-state index in [-0.39, 0.29) is 17.0 Å². The van der Waals surface area contributed by atoms with Crippen LogP contribution in [0.1, 0.15) is 34.3 Å². The highest BCUT2D eigenvalue weighted by atomic mass is 32.1. The minimum atomic E-state index is -0.489. The molecule has 0 aromatic carbocycles. The monoisotopic (exact) mass is 335 g/mol. The van der Waals surface area contributed by atoms with Gasteiger partial charge in [0.1, 0.15) is 5.76 Å². The van der Waals surface area contributed by atoms with E-state index in [4.69, 9.17) is 4.42 Å². The fraction of sp³-hybridized carbons (Fsp3) is 0.400. The summed E-state index contributed by atoms with van der Waals surface area (Å²) in [5.74, 6) is 0.531. The summed E-state index contributed by atoms with van der Waals surface area (Å²) < 4.78 is 5.50. The summed E-state index contributed by atoms with van der Waals surface area (Å²) in [6.07, 6.45) is 3.91. The predicted molar refractivity (Wildman–Crippen MR) is 85.6 cm³/mol. The molecule has 1 fully saturated rings. The second kappa shape index (κ2) is 6.93. The Kier molecular flexibility index (Phi) is 4.73. The Balaban J connectivity index is 1.65. The average Bonchev–Trinajstić information content (AvgIpc) is 3.29. The van der Waals surface area contributed by atoms with Crippen molar-refractivity contribution in [3.8, 4) is 0 Å². The van der Waals surface area contributed by atoms with E-state index in [9.17, 15) is 14.9 Å². The number of hydrogen-bond acceptors (Lipinski definition) is 6. The van der Waals surface area contributed by atoms with Crippen molar-refractivity contribution in [1.82, 2.24) is 10.2 Å². The molecule has 1 aliphatic heterocycles. The molecule has 8 heteroatoms. The summed E-state index contributed by atoms with van der Waals surface area (Å²) in [4.78, 5) is 25.0. The quantitative estimate of drug-likeness (QED) is 0.648. The zero-order valence-corrected chi connectivity index (χ0v) is 13.3. The molecule has 1 unspecified atom stereocenters. The van der Waals surface area contributed by atoms with E-state index in [0.29, 0.717) is 11.4 Å². The molecule has 2 aromatic heterocycles. The van der Waals surface area contributed by atoms with E-state index in [2.05, 4.69) is 10.2 Å². The normalized spacial score (nSPS) is 16.3. The molecule has 122 valence electrons. The molecular formula is C15H17N3O4S. The summed E-state index contributed by atoms with van der Waals surface area (Å²) >= 11 is 0.882. The Morgan fingerprint density at radius 3 is 2.78 bits per heavy atom. The largest absolute Gasteiger partial charge is 0.468 e. The first kappa shape index (κ1) is 15.7. The molecule has 2 aromatic rings. The molecule has 3 rings (SSSR count). The fourth-order valence-corrected chi connectivity index (χ4v) is 3.50. The number of rotatable bonds is 6. The number of amides is 1. The smallest absolute Gasteiger partial charge is 0.324 e. The highest BCUT2D eigenvalue weighted by Crippen LogP contribution is 2.26. The number of thiophene rings is 1. The first-order chi connectivity index (χ1) is 11.1. The molecule has 0 bridgehead atoms. The molecule has 1 N–H and O–H groups in total. The predicted octanol–water partition coefficient (Wildman–Crippen LogP) is 2.82. The summed E-state index contributed by atoms with van der Waals surface area (Å²) in [6, 6.07) is 6.57. The van der Waals surface area contributed by atoms with Crippen molar-refractivity contribution in [3.63, 3.8) is 0 Å². The second-order valence-electron chi connectivity index (χ2n) is 5.38. The third-order valence-electron chi connectivity index (χ3n) is 3.90. The molecule has 0 spiro atoms. The number of nitrogens with one attached hydrogen (secondary N) is 1. The molecule has 7 nitrogen and oxygen atoms in total. The zero-order valence-electron chi connectivity index (χ0n) is 12.4. The Bertz CT molecular complexity index is 677. The Morgan fingerprint density at radius 2 is 2.17 bits per heavy atom. The van der Waals surface area contributed by atoms with Gasteiger partial charge in [0, 0.05) is 12.6 Å². The number of hydrogen-bond donors (Lipinski definition) is 1. The van der Waals surface area contributed by atoms with Crippen LogP contribution in [-0.4, -0.2) is 35.4 Å². The van der Waals surface area contributed by atoms with Gasteiger partial charge >= 0.3 is 5.00 Å². The van der Waals surface area contributed by atoms with Gasteiger partial charge in [-0.3, -0.25) is 19.8 Å². The standard InChI is InChI=1S/C15H17N3O4S/c19-15(13-5-6-14(23-13)18(20)21)16-10-11(12-4-3-9-22-12)17-7-1-2-8-17/h3-6,9,11H,1-2,7-8,10H2,(H,16,19). The van der Waals surface area contributed by atoms with Gasteiger partial charge in [0.05, 0.1) is 22.1 Å². The van der Waals surface area contributed by atoms with Gasteiger partial charge in [-0.25, -0.2) is 0 Å². The lowest BCUT2D eigenvalue weighted by atomic mass is 10.2. The molecule has 1 aliphatic rings. The van der Waals surface area contributed by atoms with E-state index in [1.54, 1.807) is 6.26 Å². The van der Waals surface area contributed by atoms with Crippen molar-refractivity contribution in [3.05, 3.63) is 51.3 Å². The SMILES string of the molecule is O=C(NCC(c1ccco1)N1CCCC1)c1ccc([N+](=O)[O-])s1. The van der Waals surface area contributed by atoms with Crippen LogP contribution in [-0.2, 0) is 0 Å². The first-order valence-electron chi connectivity index (χ1n) is 7.45. The van der Waals surface area contributed by atoms with Crippen molar-refractivity contribution in [2.24, 2.45) is 0 Å². The van der Waals surface area contributed by atoms with Gasteiger partial charge in [-0.15, -0.1) is 0 Å². The highest BCUT2D eigenvalue weighted by Gasteiger charge is 2.26. The van der Waals surface area contributed by atoms with Crippen LogP contribution in [0.15, 0.2) is 34.9 Å². The lowest BCUT2D eigenvalue weighted by molar-refractivity contribution is -0.380. The number of carbonyl (C=O) groups is 1. The summed E-state index contributed by atoms with van der Waals surface area (Å²) in [5.41, 5.74) is 0. The van der Waals surface area contributed by atoms with E-state index in [1.165, 1.54) is 12.1 Å². The van der Waals surface area contributed by atoms with Crippen LogP contribution < -0.4 is 5.32 Å². The number of likely N-dealkylation sites (tertiary alicyclic amines) is 1. The lowest BCUT2D eigenvalue weighted by Crippen LogP contribution is -2.36. The van der Waals surface area contributed by atoms with E-state index < -0.39 is 4.92 Å². The zero-order chi connectivity index (χ0) is 16.2. The van der Waals surface area contributed by atoms with Gasteiger partial charge in [0.25, 0.3) is 5.91 Å².